The van der Waals surface area contributed by atoms with Crippen molar-refractivity contribution in [2.24, 2.45) is 0 Å². The third kappa shape index (κ3) is 4.01. The molecule has 0 aliphatic heterocycles. The first-order chi connectivity index (χ1) is 8.32. The third-order valence-electron chi connectivity index (χ3n) is 1.87. The fraction of sp³-hybridized carbons (Fsp3) is 0.250. The Morgan fingerprint density at radius 2 is 2.06 bits per heavy atom. The van der Waals surface area contributed by atoms with Crippen molar-refractivity contribution in [1.82, 2.24) is 0 Å². The van der Waals surface area contributed by atoms with Gasteiger partial charge >= 0.3 is 12.1 Å². The summed E-state index contributed by atoms with van der Waals surface area (Å²) in [5, 5.41) is 0. The van der Waals surface area contributed by atoms with E-state index in [4.69, 9.17) is 5.73 Å². The summed E-state index contributed by atoms with van der Waals surface area (Å²) in [6.45, 7) is 1.75. The smallest absolute Gasteiger partial charge is 0.416 e. The van der Waals surface area contributed by atoms with Crippen molar-refractivity contribution in [3.63, 3.8) is 0 Å². The lowest BCUT2D eigenvalue weighted by atomic mass is 10.1. The Hall–Kier alpha value is -2.16. The van der Waals surface area contributed by atoms with E-state index in [0.717, 1.165) is 12.1 Å². The fourth-order valence-corrected chi connectivity index (χ4v) is 1.18. The molecule has 0 unspecified atom stereocenters. The molecule has 1 rings (SSSR count). The van der Waals surface area contributed by atoms with Gasteiger partial charge in [-0.1, -0.05) is 5.92 Å². The average Bonchev–Trinajstić information content (AvgIpc) is 2.25. The molecule has 6 heteroatoms. The first-order valence-corrected chi connectivity index (χ1v) is 4.99. The predicted molar refractivity (Wildman–Crippen MR) is 59.4 cm³/mol. The second-order valence-electron chi connectivity index (χ2n) is 3.31. The highest BCUT2D eigenvalue weighted by molar-refractivity contribution is 5.89. The number of carbonyl (C=O) groups excluding carboxylic acids is 1. The SMILES string of the molecule is CCOC(=O)C#Cc1cc(N)cc(C(F)(F)F)c1. The van der Waals surface area contributed by atoms with Crippen LogP contribution in [0.4, 0.5) is 18.9 Å². The van der Waals surface area contributed by atoms with E-state index >= 15 is 0 Å². The molecular weight excluding hydrogens is 247 g/mol. The van der Waals surface area contributed by atoms with Crippen molar-refractivity contribution in [2.45, 2.75) is 13.1 Å². The largest absolute Gasteiger partial charge is 0.456 e. The van der Waals surface area contributed by atoms with Crippen molar-refractivity contribution in [1.29, 1.82) is 0 Å². The van der Waals surface area contributed by atoms with Crippen molar-refractivity contribution >= 4 is 11.7 Å². The minimum absolute atomic E-state index is 0.00961. The molecule has 0 aromatic heterocycles. The molecule has 1 aromatic carbocycles. The maximum atomic E-state index is 12.5. The molecular formula is C12H10F3NO2. The number of alkyl halides is 3. The fourth-order valence-electron chi connectivity index (χ4n) is 1.18. The number of esters is 1. The van der Waals surface area contributed by atoms with E-state index in [2.05, 4.69) is 16.6 Å². The standard InChI is InChI=1S/C12H10F3NO2/c1-2-18-11(17)4-3-8-5-9(12(13,14)15)7-10(16)6-8/h5-7H,2,16H2,1H3. The van der Waals surface area contributed by atoms with Crippen LogP contribution >= 0.6 is 0 Å². The van der Waals surface area contributed by atoms with Gasteiger partial charge in [0.25, 0.3) is 0 Å². The van der Waals surface area contributed by atoms with Crippen molar-refractivity contribution in [2.75, 3.05) is 12.3 Å². The van der Waals surface area contributed by atoms with Crippen LogP contribution in [0.5, 0.6) is 0 Å². The molecule has 0 amide bonds. The Labute approximate surface area is 102 Å². The van der Waals surface area contributed by atoms with Crippen LogP contribution in [0.1, 0.15) is 18.1 Å². The molecule has 0 fully saturated rings. The zero-order valence-corrected chi connectivity index (χ0v) is 9.47. The third-order valence-corrected chi connectivity index (χ3v) is 1.87. The molecule has 3 nitrogen and oxygen atoms in total. The van der Waals surface area contributed by atoms with Gasteiger partial charge in [-0.05, 0) is 25.1 Å². The van der Waals surface area contributed by atoms with E-state index in [1.807, 2.05) is 0 Å². The number of anilines is 1. The quantitative estimate of drug-likeness (QED) is 0.476. The second-order valence-corrected chi connectivity index (χ2v) is 3.31. The van der Waals surface area contributed by atoms with Crippen LogP contribution in [-0.2, 0) is 15.7 Å². The first kappa shape index (κ1) is 13.9. The number of benzene rings is 1. The van der Waals surface area contributed by atoms with E-state index in [9.17, 15) is 18.0 Å². The summed E-state index contributed by atoms with van der Waals surface area (Å²) in [5.41, 5.74) is 4.37. The zero-order valence-electron chi connectivity index (χ0n) is 9.47. The highest BCUT2D eigenvalue weighted by Crippen LogP contribution is 2.31. The summed E-state index contributed by atoms with van der Waals surface area (Å²) in [6, 6.07) is 2.87. The number of hydrogen-bond acceptors (Lipinski definition) is 3. The van der Waals surface area contributed by atoms with Crippen LogP contribution in [0.2, 0.25) is 0 Å². The molecule has 96 valence electrons. The van der Waals surface area contributed by atoms with Crippen molar-refractivity contribution < 1.29 is 22.7 Å². The van der Waals surface area contributed by atoms with Gasteiger partial charge in [-0.3, -0.25) is 0 Å². The summed E-state index contributed by atoms with van der Waals surface area (Å²) in [5.74, 6) is 3.55. The van der Waals surface area contributed by atoms with Gasteiger partial charge in [-0.2, -0.15) is 13.2 Å². The zero-order chi connectivity index (χ0) is 13.8. The molecule has 0 radical (unpaired) electrons. The van der Waals surface area contributed by atoms with E-state index < -0.39 is 17.7 Å². The van der Waals surface area contributed by atoms with Crippen LogP contribution in [-0.4, -0.2) is 12.6 Å². The monoisotopic (exact) mass is 257 g/mol. The Morgan fingerprint density at radius 3 is 2.61 bits per heavy atom. The average molecular weight is 257 g/mol. The topological polar surface area (TPSA) is 52.3 Å². The Bertz CT molecular complexity index is 512. The van der Waals surface area contributed by atoms with Crippen molar-refractivity contribution in [3.8, 4) is 11.8 Å². The van der Waals surface area contributed by atoms with Gasteiger partial charge in [0, 0.05) is 17.2 Å². The van der Waals surface area contributed by atoms with E-state index in [-0.39, 0.29) is 17.9 Å². The first-order valence-electron chi connectivity index (χ1n) is 4.99. The minimum Gasteiger partial charge on any atom is -0.456 e. The van der Waals surface area contributed by atoms with E-state index in [1.54, 1.807) is 6.92 Å². The molecule has 0 saturated heterocycles. The Balaban J connectivity index is 3.04. The molecule has 0 spiro atoms. The Kier molecular flexibility index (Phi) is 4.21. The van der Waals surface area contributed by atoms with Gasteiger partial charge in [0.15, 0.2) is 0 Å². The number of halogens is 3. The minimum atomic E-state index is -4.50. The summed E-state index contributed by atoms with van der Waals surface area (Å²) < 4.78 is 41.9. The van der Waals surface area contributed by atoms with E-state index in [1.165, 1.54) is 6.07 Å². The van der Waals surface area contributed by atoms with Crippen LogP contribution in [0.25, 0.3) is 0 Å². The predicted octanol–water partition coefficient (Wildman–Crippen LogP) is 2.20. The number of hydrogen-bond donors (Lipinski definition) is 1. The van der Waals surface area contributed by atoms with Crippen LogP contribution < -0.4 is 5.73 Å². The van der Waals surface area contributed by atoms with Crippen LogP contribution in [0, 0.1) is 11.8 Å². The highest BCUT2D eigenvalue weighted by Gasteiger charge is 2.30. The van der Waals surface area contributed by atoms with Gasteiger partial charge in [0.05, 0.1) is 12.2 Å². The molecule has 0 saturated carbocycles. The lowest BCUT2D eigenvalue weighted by molar-refractivity contribution is -0.137. The molecule has 0 aliphatic rings. The van der Waals surface area contributed by atoms with Gasteiger partial charge < -0.3 is 10.5 Å². The Morgan fingerprint density at radius 1 is 1.39 bits per heavy atom. The maximum absolute atomic E-state index is 12.5. The molecule has 2 N–H and O–H groups in total. The molecule has 0 bridgehead atoms. The van der Waals surface area contributed by atoms with Crippen LogP contribution in [0.15, 0.2) is 18.2 Å². The number of rotatable bonds is 1. The summed E-state index contributed by atoms with van der Waals surface area (Å²) in [7, 11) is 0. The number of ether oxygens (including phenoxy) is 1. The molecule has 0 aliphatic carbocycles. The molecule has 18 heavy (non-hydrogen) atoms. The highest BCUT2D eigenvalue weighted by atomic mass is 19.4. The lowest BCUT2D eigenvalue weighted by Gasteiger charge is -2.07. The summed E-state index contributed by atoms with van der Waals surface area (Å²) >= 11 is 0. The maximum Gasteiger partial charge on any atom is 0.416 e. The van der Waals surface area contributed by atoms with Gasteiger partial charge in [-0.15, -0.1) is 0 Å². The number of nitrogens with two attached hydrogens (primary N) is 1. The summed E-state index contributed by atoms with van der Waals surface area (Å²) in [4.78, 5) is 10.9. The summed E-state index contributed by atoms with van der Waals surface area (Å²) in [6.07, 6.45) is -4.50. The molecule has 0 atom stereocenters. The number of nitrogen functional groups attached to an aromatic ring is 1. The lowest BCUT2D eigenvalue weighted by Crippen LogP contribution is -2.06. The van der Waals surface area contributed by atoms with Gasteiger partial charge in [0.1, 0.15) is 0 Å². The van der Waals surface area contributed by atoms with E-state index in [0.29, 0.717) is 0 Å². The van der Waals surface area contributed by atoms with Gasteiger partial charge in [-0.25, -0.2) is 4.79 Å². The van der Waals surface area contributed by atoms with Crippen LogP contribution in [0.3, 0.4) is 0 Å². The van der Waals surface area contributed by atoms with Crippen molar-refractivity contribution in [3.05, 3.63) is 29.3 Å². The molecule has 0 heterocycles. The normalized spacial score (nSPS) is 10.4. The molecule has 1 aromatic rings. The second kappa shape index (κ2) is 5.45. The van der Waals surface area contributed by atoms with Gasteiger partial charge in [0.2, 0.25) is 0 Å². The number of carbonyl (C=O) groups is 1.